The summed E-state index contributed by atoms with van der Waals surface area (Å²) in [6.45, 7) is 10.2. The summed E-state index contributed by atoms with van der Waals surface area (Å²) >= 11 is 0. The standard InChI is InChI=1S/C55H70N8O6/c1-29(2)46(60-54(66)68-6)52(64)62-40-22-20-38(25-40)48(62)50-56-27-43(58-50)35-15-18-37(19-16-35)45-31(5)33-12-14-34-10-8-32(9-11-36(45)17-13-33)24-42(34)44-28-57-51(59-44)49-39-21-23-41(26-39)63(49)53(65)47(30(3)4)61-55(67)69-7/h8,13,15-19,24,27-31,33-34,38-41,46-49H,9-12,14,20-23,25-26H2,1-7H3,(H,56,58)(H,57,59)(H,60,66)(H,61,67)/t31?,33-,34-,38?,39?,40?,41?,46+,47+,48+,49+/m1/s1. The lowest BCUT2D eigenvalue weighted by Gasteiger charge is -2.37. The van der Waals surface area contributed by atoms with Crippen molar-refractivity contribution >= 4 is 35.1 Å². The van der Waals surface area contributed by atoms with Gasteiger partial charge in [0.25, 0.3) is 0 Å². The number of amides is 4. The van der Waals surface area contributed by atoms with Gasteiger partial charge in [0, 0.05) is 12.1 Å². The predicted molar refractivity (Wildman–Crippen MR) is 264 cm³/mol. The Balaban J connectivity index is 0.860. The van der Waals surface area contributed by atoms with Gasteiger partial charge in [-0.2, -0.15) is 0 Å². The number of aromatic nitrogens is 4. The monoisotopic (exact) mass is 939 g/mol. The number of hydrogen-bond acceptors (Lipinski definition) is 8. The molecule has 0 spiro atoms. The first-order valence-electron chi connectivity index (χ1n) is 25.7. The van der Waals surface area contributed by atoms with Crippen LogP contribution >= 0.6 is 0 Å². The maximum atomic E-state index is 14.2. The van der Waals surface area contributed by atoms with Crippen molar-refractivity contribution in [3.8, 4) is 11.3 Å². The second kappa shape index (κ2) is 19.1. The minimum atomic E-state index is -0.676. The number of likely N-dealkylation sites (tertiary alicyclic amines) is 2. The molecule has 366 valence electrons. The number of nitrogens with one attached hydrogen (secondary N) is 4. The van der Waals surface area contributed by atoms with Gasteiger partial charge in [0.15, 0.2) is 0 Å². The Morgan fingerprint density at radius 2 is 1.26 bits per heavy atom. The first kappa shape index (κ1) is 46.8. The molecule has 2 saturated heterocycles. The van der Waals surface area contributed by atoms with E-state index in [0.29, 0.717) is 29.6 Å². The summed E-state index contributed by atoms with van der Waals surface area (Å²) in [4.78, 5) is 74.2. The van der Waals surface area contributed by atoms with E-state index in [1.165, 1.54) is 42.1 Å². The normalized spacial score (nSPS) is 29.0. The summed E-state index contributed by atoms with van der Waals surface area (Å²) in [5.41, 5.74) is 9.76. The van der Waals surface area contributed by atoms with Gasteiger partial charge in [-0.25, -0.2) is 19.6 Å². The van der Waals surface area contributed by atoms with Gasteiger partial charge < -0.3 is 39.9 Å². The number of H-pyrrole nitrogens is 2. The fourth-order valence-electron chi connectivity index (χ4n) is 13.4. The van der Waals surface area contributed by atoms with E-state index >= 15 is 0 Å². The molecule has 14 nitrogen and oxygen atoms in total. The topological polar surface area (TPSA) is 175 Å². The van der Waals surface area contributed by atoms with Crippen molar-refractivity contribution in [1.82, 2.24) is 40.4 Å². The maximum absolute atomic E-state index is 14.2. The minimum absolute atomic E-state index is 0.0596. The van der Waals surface area contributed by atoms with Gasteiger partial charge in [0.2, 0.25) is 11.8 Å². The van der Waals surface area contributed by atoms with E-state index in [2.05, 4.69) is 76.1 Å². The highest BCUT2D eigenvalue weighted by molar-refractivity contribution is 5.88. The van der Waals surface area contributed by atoms with Crippen LogP contribution in [0.15, 0.2) is 72.1 Å². The largest absolute Gasteiger partial charge is 0.453 e. The zero-order chi connectivity index (χ0) is 48.2. The molecule has 0 radical (unpaired) electrons. The first-order valence-corrected chi connectivity index (χ1v) is 25.7. The van der Waals surface area contributed by atoms with Crippen LogP contribution in [0.5, 0.6) is 0 Å². The van der Waals surface area contributed by atoms with Gasteiger partial charge in [-0.3, -0.25) is 9.59 Å². The molecular weight excluding hydrogens is 869 g/mol. The fourth-order valence-corrected chi connectivity index (χ4v) is 13.4. The van der Waals surface area contributed by atoms with Crippen LogP contribution in [0, 0.1) is 41.4 Å². The SMILES string of the molecule is COC(=O)N[C@H](C(=O)N1C2CCC(C2)[C@H]1c1ncc(C2=CC3=CC[C@@H]2CC[C@@H]2C=CC(=C(c4ccc(-c5cnc([C@@H]6C7CCC(C7)N6C(=O)[C@@H](NC(=O)OC)C(C)C)[nH]5)cc4)C2C)CC3)[nH]1)C(C)C. The molecule has 10 aliphatic rings. The molecule has 69 heavy (non-hydrogen) atoms. The molecule has 3 aromatic rings. The lowest BCUT2D eigenvalue weighted by Crippen LogP contribution is -2.54. The third-order valence-corrected chi connectivity index (χ3v) is 17.0. The van der Waals surface area contributed by atoms with Crippen LogP contribution in [0.1, 0.15) is 140 Å². The zero-order valence-electron chi connectivity index (χ0n) is 41.3. The van der Waals surface area contributed by atoms with Crippen molar-refractivity contribution < 1.29 is 28.7 Å². The molecule has 2 aromatic heterocycles. The molecule has 5 unspecified atom stereocenters. The highest BCUT2D eigenvalue weighted by Crippen LogP contribution is 2.52. The third-order valence-electron chi connectivity index (χ3n) is 17.0. The molecule has 4 heterocycles. The molecule has 11 atom stereocenters. The van der Waals surface area contributed by atoms with Crippen LogP contribution < -0.4 is 10.6 Å². The number of nitrogens with zero attached hydrogens (tertiary/aromatic N) is 4. The summed E-state index contributed by atoms with van der Waals surface area (Å²) in [6, 6.07) is 7.55. The number of piperidine rings is 2. The van der Waals surface area contributed by atoms with Crippen LogP contribution in [0.2, 0.25) is 0 Å². The number of carbonyl (C=O) groups excluding carboxylic acids is 4. The minimum Gasteiger partial charge on any atom is -0.453 e. The summed E-state index contributed by atoms with van der Waals surface area (Å²) in [5.74, 6) is 3.07. The van der Waals surface area contributed by atoms with Gasteiger partial charge in [-0.1, -0.05) is 88.8 Å². The van der Waals surface area contributed by atoms with Crippen LogP contribution in [-0.4, -0.2) is 92.1 Å². The van der Waals surface area contributed by atoms with Crippen molar-refractivity contribution in [3.05, 3.63) is 95.0 Å². The van der Waals surface area contributed by atoms with E-state index in [9.17, 15) is 19.2 Å². The fraction of sp³-hybridized carbons (Fsp3) is 0.564. The molecule has 2 aliphatic heterocycles. The third kappa shape index (κ3) is 8.74. The number of aromatic amines is 2. The number of carbonyl (C=O) groups is 4. The number of benzene rings is 1. The summed E-state index contributed by atoms with van der Waals surface area (Å²) in [7, 11) is 2.65. The summed E-state index contributed by atoms with van der Waals surface area (Å²) in [6.07, 6.45) is 23.4. The lowest BCUT2D eigenvalue weighted by atomic mass is 9.71. The summed E-state index contributed by atoms with van der Waals surface area (Å²) < 4.78 is 9.76. The number of rotatable bonds is 11. The van der Waals surface area contributed by atoms with Crippen LogP contribution in [-0.2, 0) is 19.1 Å². The molecule has 1 aromatic carbocycles. The van der Waals surface area contributed by atoms with Gasteiger partial charge in [-0.05, 0) is 140 Å². The van der Waals surface area contributed by atoms with Gasteiger partial charge in [0.05, 0.1) is 50.1 Å². The van der Waals surface area contributed by atoms with E-state index in [1.54, 1.807) is 0 Å². The Morgan fingerprint density at radius 3 is 1.83 bits per heavy atom. The summed E-state index contributed by atoms with van der Waals surface area (Å²) in [5, 5.41) is 5.61. The van der Waals surface area contributed by atoms with Crippen molar-refractivity contribution in [1.29, 1.82) is 0 Å². The molecular formula is C55H70N8O6. The Morgan fingerprint density at radius 1 is 0.710 bits per heavy atom. The molecule has 13 rings (SSSR count). The zero-order valence-corrected chi connectivity index (χ0v) is 41.3. The van der Waals surface area contributed by atoms with E-state index in [-0.39, 0.29) is 47.8 Å². The van der Waals surface area contributed by atoms with Crippen LogP contribution in [0.25, 0.3) is 22.4 Å². The first-order chi connectivity index (χ1) is 33.3. The van der Waals surface area contributed by atoms with Gasteiger partial charge >= 0.3 is 12.2 Å². The Hall–Kier alpha value is -5.92. The molecule has 8 aliphatic carbocycles. The van der Waals surface area contributed by atoms with Crippen LogP contribution in [0.3, 0.4) is 0 Å². The highest BCUT2D eigenvalue weighted by Gasteiger charge is 2.53. The molecule has 4 amide bonds. The Labute approximate surface area is 406 Å². The number of hydrogen-bond donors (Lipinski definition) is 4. The van der Waals surface area contributed by atoms with E-state index in [1.807, 2.05) is 49.9 Å². The number of alkyl carbamates (subject to hydrolysis) is 2. The second-order valence-corrected chi connectivity index (χ2v) is 21.6. The van der Waals surface area contributed by atoms with Gasteiger partial charge in [-0.15, -0.1) is 0 Å². The van der Waals surface area contributed by atoms with Crippen LogP contribution in [0.4, 0.5) is 9.59 Å². The smallest absolute Gasteiger partial charge is 0.407 e. The average Bonchev–Trinajstić information content (AvgIpc) is 4.23. The molecule has 2 saturated carbocycles. The van der Waals surface area contributed by atoms with E-state index in [4.69, 9.17) is 19.4 Å². The van der Waals surface area contributed by atoms with Crippen molar-refractivity contribution in [2.45, 2.75) is 141 Å². The molecule has 8 bridgehead atoms. The van der Waals surface area contributed by atoms with Crippen molar-refractivity contribution in [2.24, 2.45) is 41.4 Å². The van der Waals surface area contributed by atoms with Crippen molar-refractivity contribution in [2.75, 3.05) is 14.2 Å². The number of ether oxygens (including phenoxy) is 2. The second-order valence-electron chi connectivity index (χ2n) is 21.6. The maximum Gasteiger partial charge on any atom is 0.407 e. The van der Waals surface area contributed by atoms with Gasteiger partial charge in [0.1, 0.15) is 23.7 Å². The number of methoxy groups -OCH3 is 2. The lowest BCUT2D eigenvalue weighted by molar-refractivity contribution is -0.140. The quantitative estimate of drug-likeness (QED) is 0.147. The molecule has 14 heteroatoms. The van der Waals surface area contributed by atoms with E-state index in [0.717, 1.165) is 99.2 Å². The molecule has 4 fully saturated rings. The average molecular weight is 939 g/mol. The predicted octanol–water partition coefficient (Wildman–Crippen LogP) is 9.84. The van der Waals surface area contributed by atoms with E-state index < -0.39 is 24.3 Å². The van der Waals surface area contributed by atoms with Crippen molar-refractivity contribution in [3.63, 3.8) is 0 Å². The number of fused-ring (bicyclic) bond motifs is 4. The Kier molecular flexibility index (Phi) is 13.0. The number of imidazole rings is 2. The highest BCUT2D eigenvalue weighted by atomic mass is 16.5. The molecule has 4 N–H and O–H groups in total. The number of allylic oxidation sites excluding steroid dienone is 8. The Bertz CT molecular complexity index is 2580.